The van der Waals surface area contributed by atoms with E-state index >= 15 is 0 Å². The Bertz CT molecular complexity index is 290. The summed E-state index contributed by atoms with van der Waals surface area (Å²) in [6.45, 7) is 8.74. The van der Waals surface area contributed by atoms with Crippen LogP contribution in [-0.2, 0) is 4.79 Å². The van der Waals surface area contributed by atoms with E-state index in [4.69, 9.17) is 0 Å². The summed E-state index contributed by atoms with van der Waals surface area (Å²) in [5.41, 5.74) is 0. The smallest absolute Gasteiger partial charge is 0.240 e. The lowest BCUT2D eigenvalue weighted by Gasteiger charge is -2.33. The van der Waals surface area contributed by atoms with Gasteiger partial charge in [0.05, 0.1) is 12.2 Å². The molecule has 2 aliphatic rings. The van der Waals surface area contributed by atoms with Gasteiger partial charge in [-0.3, -0.25) is 10.1 Å². The quantitative estimate of drug-likeness (QED) is 0.818. The van der Waals surface area contributed by atoms with Gasteiger partial charge < -0.3 is 4.90 Å². The molecule has 1 aliphatic heterocycles. The Morgan fingerprint density at radius 1 is 1.35 bits per heavy atom. The van der Waals surface area contributed by atoms with Crippen molar-refractivity contribution in [1.29, 1.82) is 0 Å². The van der Waals surface area contributed by atoms with Crippen molar-refractivity contribution in [3.63, 3.8) is 0 Å². The molecule has 3 heteroatoms. The summed E-state index contributed by atoms with van der Waals surface area (Å²) < 4.78 is 0. The van der Waals surface area contributed by atoms with Crippen LogP contribution in [0.2, 0.25) is 0 Å². The summed E-state index contributed by atoms with van der Waals surface area (Å²) in [6, 6.07) is 0.482. The van der Waals surface area contributed by atoms with E-state index in [0.29, 0.717) is 23.8 Å². The van der Waals surface area contributed by atoms with E-state index in [1.54, 1.807) is 0 Å². The molecule has 1 heterocycles. The molecular weight excluding hydrogens is 212 g/mol. The van der Waals surface area contributed by atoms with Crippen LogP contribution in [0, 0.1) is 11.8 Å². The highest BCUT2D eigenvalue weighted by Crippen LogP contribution is 2.33. The molecule has 1 saturated heterocycles. The molecule has 0 bridgehead atoms. The molecule has 0 radical (unpaired) electrons. The second-order valence-corrected chi connectivity index (χ2v) is 6.25. The van der Waals surface area contributed by atoms with E-state index in [1.807, 2.05) is 6.92 Å². The van der Waals surface area contributed by atoms with E-state index < -0.39 is 0 Å². The van der Waals surface area contributed by atoms with Crippen LogP contribution in [0.3, 0.4) is 0 Å². The summed E-state index contributed by atoms with van der Waals surface area (Å²) in [4.78, 5) is 14.5. The van der Waals surface area contributed by atoms with Gasteiger partial charge in [-0.1, -0.05) is 27.2 Å². The molecule has 3 nitrogen and oxygen atoms in total. The van der Waals surface area contributed by atoms with Gasteiger partial charge in [0.15, 0.2) is 0 Å². The Morgan fingerprint density at radius 3 is 2.59 bits per heavy atom. The van der Waals surface area contributed by atoms with Crippen molar-refractivity contribution in [2.75, 3.05) is 0 Å². The van der Waals surface area contributed by atoms with Gasteiger partial charge in [-0.25, -0.2) is 0 Å². The molecule has 0 spiro atoms. The van der Waals surface area contributed by atoms with Crippen molar-refractivity contribution >= 4 is 5.91 Å². The first-order chi connectivity index (χ1) is 8.00. The molecule has 1 saturated carbocycles. The minimum Gasteiger partial charge on any atom is -0.323 e. The van der Waals surface area contributed by atoms with Crippen molar-refractivity contribution in [2.45, 2.75) is 71.6 Å². The van der Waals surface area contributed by atoms with Crippen LogP contribution in [0.1, 0.15) is 53.4 Å². The average molecular weight is 238 g/mol. The molecule has 0 aromatic carbocycles. The zero-order valence-electron chi connectivity index (χ0n) is 11.6. The third-order valence-electron chi connectivity index (χ3n) is 4.27. The average Bonchev–Trinajstić information content (AvgIpc) is 2.73. The fourth-order valence-electron chi connectivity index (χ4n) is 3.38. The third-order valence-corrected chi connectivity index (χ3v) is 4.27. The van der Waals surface area contributed by atoms with Crippen molar-refractivity contribution in [3.8, 4) is 0 Å². The first-order valence-electron chi connectivity index (χ1n) is 7.09. The number of carbonyl (C=O) groups excluding carboxylic acids is 1. The zero-order chi connectivity index (χ0) is 12.6. The van der Waals surface area contributed by atoms with Crippen LogP contribution in [0.5, 0.6) is 0 Å². The molecule has 4 atom stereocenters. The SMILES string of the molecule is CC(C)CC1NC(C)C(=O)N1C1CCCC1C. The number of hydrogen-bond acceptors (Lipinski definition) is 2. The number of nitrogens with zero attached hydrogens (tertiary/aromatic N) is 1. The van der Waals surface area contributed by atoms with Gasteiger partial charge in [0.2, 0.25) is 5.91 Å². The Hall–Kier alpha value is -0.570. The molecule has 1 N–H and O–H groups in total. The molecule has 17 heavy (non-hydrogen) atoms. The topological polar surface area (TPSA) is 32.3 Å². The number of rotatable bonds is 3. The predicted molar refractivity (Wildman–Crippen MR) is 69.5 cm³/mol. The molecule has 0 aromatic heterocycles. The molecule has 2 rings (SSSR count). The van der Waals surface area contributed by atoms with Gasteiger partial charge in [0.25, 0.3) is 0 Å². The first kappa shape index (κ1) is 12.9. The number of amides is 1. The minimum atomic E-state index is 0.00606. The van der Waals surface area contributed by atoms with E-state index in [9.17, 15) is 4.79 Å². The molecule has 0 aromatic rings. The lowest BCUT2D eigenvalue weighted by Crippen LogP contribution is -2.46. The van der Waals surface area contributed by atoms with Gasteiger partial charge in [0.1, 0.15) is 0 Å². The number of nitrogens with one attached hydrogen (secondary N) is 1. The fraction of sp³-hybridized carbons (Fsp3) is 0.929. The molecule has 98 valence electrons. The second-order valence-electron chi connectivity index (χ2n) is 6.25. The van der Waals surface area contributed by atoms with Crippen molar-refractivity contribution in [3.05, 3.63) is 0 Å². The monoisotopic (exact) mass is 238 g/mol. The van der Waals surface area contributed by atoms with Crippen LogP contribution in [0.15, 0.2) is 0 Å². The van der Waals surface area contributed by atoms with Crippen LogP contribution in [0.25, 0.3) is 0 Å². The predicted octanol–water partition coefficient (Wildman–Crippen LogP) is 2.37. The van der Waals surface area contributed by atoms with Crippen LogP contribution < -0.4 is 5.32 Å². The minimum absolute atomic E-state index is 0.00606. The van der Waals surface area contributed by atoms with E-state index in [1.165, 1.54) is 19.3 Å². The normalized spacial score (nSPS) is 38.4. The van der Waals surface area contributed by atoms with E-state index in [-0.39, 0.29) is 12.2 Å². The number of hydrogen-bond donors (Lipinski definition) is 1. The highest BCUT2D eigenvalue weighted by molar-refractivity contribution is 5.84. The number of carbonyl (C=O) groups is 1. The largest absolute Gasteiger partial charge is 0.323 e. The molecule has 4 unspecified atom stereocenters. The Morgan fingerprint density at radius 2 is 2.06 bits per heavy atom. The van der Waals surface area contributed by atoms with E-state index in [0.717, 1.165) is 6.42 Å². The van der Waals surface area contributed by atoms with E-state index in [2.05, 4.69) is 31.0 Å². The standard InChI is InChI=1S/C14H26N2O/c1-9(2)8-13-15-11(4)14(17)16(13)12-7-5-6-10(12)3/h9-13,15H,5-8H2,1-4H3. The van der Waals surface area contributed by atoms with Crippen LogP contribution in [-0.4, -0.2) is 29.1 Å². The lowest BCUT2D eigenvalue weighted by atomic mass is 10.0. The Kier molecular flexibility index (Phi) is 3.76. The van der Waals surface area contributed by atoms with Gasteiger partial charge in [-0.05, 0) is 38.0 Å². The van der Waals surface area contributed by atoms with Crippen LogP contribution in [0.4, 0.5) is 0 Å². The summed E-state index contributed by atoms with van der Waals surface area (Å²) in [6.07, 6.45) is 5.08. The summed E-state index contributed by atoms with van der Waals surface area (Å²) >= 11 is 0. The Labute approximate surface area is 105 Å². The summed E-state index contributed by atoms with van der Waals surface area (Å²) in [5, 5.41) is 3.46. The summed E-state index contributed by atoms with van der Waals surface area (Å²) in [7, 11) is 0. The van der Waals surface area contributed by atoms with Crippen LogP contribution >= 0.6 is 0 Å². The van der Waals surface area contributed by atoms with Gasteiger partial charge >= 0.3 is 0 Å². The zero-order valence-corrected chi connectivity index (χ0v) is 11.6. The van der Waals surface area contributed by atoms with Gasteiger partial charge in [-0.2, -0.15) is 0 Å². The fourth-order valence-corrected chi connectivity index (χ4v) is 3.38. The molecule has 1 aliphatic carbocycles. The Balaban J connectivity index is 2.12. The summed E-state index contributed by atoms with van der Waals surface area (Å²) in [5.74, 6) is 1.61. The maximum absolute atomic E-state index is 12.3. The molecular formula is C14H26N2O. The highest BCUT2D eigenvalue weighted by atomic mass is 16.2. The highest BCUT2D eigenvalue weighted by Gasteiger charge is 2.43. The van der Waals surface area contributed by atoms with Crippen molar-refractivity contribution < 1.29 is 4.79 Å². The van der Waals surface area contributed by atoms with Gasteiger partial charge in [0, 0.05) is 6.04 Å². The maximum Gasteiger partial charge on any atom is 0.240 e. The maximum atomic E-state index is 12.3. The van der Waals surface area contributed by atoms with Crippen molar-refractivity contribution in [1.82, 2.24) is 10.2 Å². The molecule has 1 amide bonds. The third kappa shape index (κ3) is 2.49. The molecule has 2 fully saturated rings. The van der Waals surface area contributed by atoms with Crippen molar-refractivity contribution in [2.24, 2.45) is 11.8 Å². The van der Waals surface area contributed by atoms with Gasteiger partial charge in [-0.15, -0.1) is 0 Å². The second kappa shape index (κ2) is 4.97. The lowest BCUT2D eigenvalue weighted by molar-refractivity contribution is -0.132. The first-order valence-corrected chi connectivity index (χ1v) is 7.09.